The van der Waals surface area contributed by atoms with Crippen LogP contribution in [0.1, 0.15) is 57.7 Å². The van der Waals surface area contributed by atoms with Gasteiger partial charge in [0.05, 0.1) is 36.6 Å². The van der Waals surface area contributed by atoms with E-state index in [-0.39, 0.29) is 12.2 Å². The van der Waals surface area contributed by atoms with Crippen LogP contribution in [0.25, 0.3) is 16.8 Å². The van der Waals surface area contributed by atoms with E-state index < -0.39 is 12.0 Å². The fourth-order valence-electron chi connectivity index (χ4n) is 5.88. The van der Waals surface area contributed by atoms with Crippen LogP contribution in [0.5, 0.6) is 11.5 Å². The third-order valence-corrected chi connectivity index (χ3v) is 8.93. The van der Waals surface area contributed by atoms with Gasteiger partial charge in [-0.25, -0.2) is 9.79 Å². The number of anilines is 1. The number of fused-ring (bicyclic) bond motifs is 2. The Morgan fingerprint density at radius 3 is 2.43 bits per heavy atom. The quantitative estimate of drug-likeness (QED) is 0.205. The maximum Gasteiger partial charge on any atom is 0.338 e. The Balaban J connectivity index is 1.82. The summed E-state index contributed by atoms with van der Waals surface area (Å²) in [7, 11) is 3.24. The predicted octanol–water partition coefficient (Wildman–Crippen LogP) is 5.60. The first-order chi connectivity index (χ1) is 21.4. The van der Waals surface area contributed by atoms with E-state index in [1.54, 1.807) is 25.7 Å². The van der Waals surface area contributed by atoms with Crippen molar-refractivity contribution in [2.75, 3.05) is 38.8 Å². The SMILES string of the molecule is CCCC1=C(C(=O)OCC)C(c2c(OC)ccc3ccccc23)n2c(s/c(=C\c3ccc(N(CC)CC)cc3OC)c2=O)=N1. The number of rotatable bonds is 11. The third kappa shape index (κ3) is 5.64. The molecule has 1 aliphatic heterocycles. The van der Waals surface area contributed by atoms with Gasteiger partial charge in [-0.2, -0.15) is 0 Å². The van der Waals surface area contributed by atoms with Crippen molar-refractivity contribution in [3.05, 3.63) is 96.7 Å². The van der Waals surface area contributed by atoms with Crippen molar-refractivity contribution in [1.82, 2.24) is 4.57 Å². The van der Waals surface area contributed by atoms with Crippen LogP contribution >= 0.6 is 11.3 Å². The van der Waals surface area contributed by atoms with E-state index >= 15 is 0 Å². The highest BCUT2D eigenvalue weighted by molar-refractivity contribution is 7.07. The van der Waals surface area contributed by atoms with Gasteiger partial charge in [0.25, 0.3) is 5.56 Å². The molecule has 9 heteroatoms. The van der Waals surface area contributed by atoms with Crippen LogP contribution in [0.3, 0.4) is 0 Å². The number of ether oxygens (including phenoxy) is 3. The van der Waals surface area contributed by atoms with Gasteiger partial charge in [-0.05, 0) is 62.2 Å². The smallest absolute Gasteiger partial charge is 0.338 e. The van der Waals surface area contributed by atoms with Crippen molar-refractivity contribution in [3.63, 3.8) is 0 Å². The molecule has 0 aliphatic carbocycles. The molecule has 0 N–H and O–H groups in total. The summed E-state index contributed by atoms with van der Waals surface area (Å²) in [5.74, 6) is 0.769. The van der Waals surface area contributed by atoms with Crippen LogP contribution in [0.4, 0.5) is 5.69 Å². The first-order valence-electron chi connectivity index (χ1n) is 15.1. The Morgan fingerprint density at radius 2 is 1.75 bits per heavy atom. The van der Waals surface area contributed by atoms with Crippen LogP contribution in [0.2, 0.25) is 0 Å². The van der Waals surface area contributed by atoms with Gasteiger partial charge in [-0.3, -0.25) is 9.36 Å². The molecule has 1 aromatic heterocycles. The molecule has 1 atom stereocenters. The summed E-state index contributed by atoms with van der Waals surface area (Å²) in [6.07, 6.45) is 3.18. The van der Waals surface area contributed by atoms with E-state index in [9.17, 15) is 9.59 Å². The highest BCUT2D eigenvalue weighted by atomic mass is 32.1. The summed E-state index contributed by atoms with van der Waals surface area (Å²) in [4.78, 5) is 35.8. The molecule has 0 fully saturated rings. The van der Waals surface area contributed by atoms with Gasteiger partial charge in [-0.15, -0.1) is 0 Å². The topological polar surface area (TPSA) is 82.4 Å². The number of benzene rings is 3. The normalized spacial score (nSPS) is 14.8. The zero-order valence-corrected chi connectivity index (χ0v) is 27.0. The van der Waals surface area contributed by atoms with Gasteiger partial charge < -0.3 is 19.1 Å². The van der Waals surface area contributed by atoms with Crippen LogP contribution in [0.15, 0.2) is 75.7 Å². The lowest BCUT2D eigenvalue weighted by Crippen LogP contribution is -2.40. The number of carbonyl (C=O) groups is 1. The van der Waals surface area contributed by atoms with Gasteiger partial charge >= 0.3 is 5.97 Å². The fraction of sp³-hybridized carbons (Fsp3) is 0.343. The molecule has 4 aromatic rings. The van der Waals surface area contributed by atoms with Crippen LogP contribution in [-0.4, -0.2) is 44.5 Å². The lowest BCUT2D eigenvalue weighted by Gasteiger charge is -2.28. The van der Waals surface area contributed by atoms with E-state index in [0.717, 1.165) is 47.1 Å². The van der Waals surface area contributed by atoms with Crippen molar-refractivity contribution in [2.45, 2.75) is 46.6 Å². The minimum Gasteiger partial charge on any atom is -0.496 e. The highest BCUT2D eigenvalue weighted by Crippen LogP contribution is 2.41. The van der Waals surface area contributed by atoms with Gasteiger partial charge in [0.15, 0.2) is 4.80 Å². The molecule has 5 rings (SSSR count). The molecule has 1 unspecified atom stereocenters. The number of hydrogen-bond acceptors (Lipinski definition) is 8. The highest BCUT2D eigenvalue weighted by Gasteiger charge is 2.37. The summed E-state index contributed by atoms with van der Waals surface area (Å²) in [5, 5.41) is 1.86. The van der Waals surface area contributed by atoms with Gasteiger partial charge in [0.2, 0.25) is 0 Å². The van der Waals surface area contributed by atoms with Crippen LogP contribution in [0, 0.1) is 0 Å². The Bertz CT molecular complexity index is 1900. The minimum atomic E-state index is -0.790. The van der Waals surface area contributed by atoms with E-state index in [1.165, 1.54) is 11.3 Å². The maximum absolute atomic E-state index is 14.4. The standard InChI is InChI=1S/C35H39N3O5S/c1-7-13-26-31(34(40)43-10-4)32(30-25-15-12-11-14-22(25)17-19-27(30)41-5)38-33(39)29(44-35(38)36-26)20-23-16-18-24(21-28(23)42-6)37(8-2)9-3/h11-12,14-21,32H,7-10,13H2,1-6H3/b29-20-. The molecule has 0 saturated carbocycles. The van der Waals surface area contributed by atoms with Gasteiger partial charge in [-0.1, -0.05) is 55.0 Å². The summed E-state index contributed by atoms with van der Waals surface area (Å²) >= 11 is 1.30. The molecule has 0 bridgehead atoms. The number of hydrogen-bond donors (Lipinski definition) is 0. The number of aromatic nitrogens is 1. The molecule has 1 aliphatic rings. The average Bonchev–Trinajstić information content (AvgIpc) is 3.35. The molecule has 230 valence electrons. The molecule has 0 radical (unpaired) electrons. The summed E-state index contributed by atoms with van der Waals surface area (Å²) in [5.41, 5.74) is 3.30. The van der Waals surface area contributed by atoms with Crippen molar-refractivity contribution < 1.29 is 19.0 Å². The minimum absolute atomic E-state index is 0.203. The number of nitrogens with zero attached hydrogens (tertiary/aromatic N) is 3. The molecule has 0 saturated heterocycles. The van der Waals surface area contributed by atoms with Crippen molar-refractivity contribution in [1.29, 1.82) is 0 Å². The Hall–Kier alpha value is -4.37. The number of carbonyl (C=O) groups excluding carboxylic acids is 1. The fourth-order valence-corrected chi connectivity index (χ4v) is 6.89. The van der Waals surface area contributed by atoms with Crippen molar-refractivity contribution >= 4 is 39.8 Å². The Morgan fingerprint density at radius 1 is 1.00 bits per heavy atom. The lowest BCUT2D eigenvalue weighted by molar-refractivity contribution is -0.139. The molecular weight excluding hydrogens is 574 g/mol. The largest absolute Gasteiger partial charge is 0.496 e. The second-order valence-corrected chi connectivity index (χ2v) is 11.4. The first-order valence-corrected chi connectivity index (χ1v) is 15.9. The molecule has 0 amide bonds. The average molecular weight is 614 g/mol. The van der Waals surface area contributed by atoms with E-state index in [0.29, 0.717) is 38.5 Å². The van der Waals surface area contributed by atoms with Crippen molar-refractivity contribution in [3.8, 4) is 11.5 Å². The zero-order valence-electron chi connectivity index (χ0n) is 26.2. The Kier molecular flexibility index (Phi) is 9.54. The third-order valence-electron chi connectivity index (χ3n) is 7.95. The van der Waals surface area contributed by atoms with E-state index in [2.05, 4.69) is 18.7 Å². The molecule has 3 aromatic carbocycles. The van der Waals surface area contributed by atoms with Crippen molar-refractivity contribution in [2.24, 2.45) is 4.99 Å². The lowest BCUT2D eigenvalue weighted by atomic mass is 9.90. The number of methoxy groups -OCH3 is 2. The maximum atomic E-state index is 14.4. The van der Waals surface area contributed by atoms with Crippen LogP contribution < -0.4 is 29.3 Å². The molecular formula is C35H39N3O5S. The molecule has 2 heterocycles. The summed E-state index contributed by atoms with van der Waals surface area (Å²) in [6.45, 7) is 10.00. The summed E-state index contributed by atoms with van der Waals surface area (Å²) in [6, 6.07) is 17.0. The second kappa shape index (κ2) is 13.5. The Labute approximate surface area is 261 Å². The van der Waals surface area contributed by atoms with Crippen LogP contribution in [-0.2, 0) is 9.53 Å². The van der Waals surface area contributed by atoms with E-state index in [4.69, 9.17) is 19.2 Å². The predicted molar refractivity (Wildman–Crippen MR) is 177 cm³/mol. The monoisotopic (exact) mass is 613 g/mol. The number of allylic oxidation sites excluding steroid dienone is 1. The van der Waals surface area contributed by atoms with Gasteiger partial charge in [0, 0.05) is 36.0 Å². The zero-order chi connectivity index (χ0) is 31.4. The van der Waals surface area contributed by atoms with E-state index in [1.807, 2.05) is 67.6 Å². The number of esters is 1. The van der Waals surface area contributed by atoms with Gasteiger partial charge in [0.1, 0.15) is 17.5 Å². The number of thiazole rings is 1. The first kappa shape index (κ1) is 31.1. The molecule has 44 heavy (non-hydrogen) atoms. The molecule has 0 spiro atoms. The summed E-state index contributed by atoms with van der Waals surface area (Å²) < 4.78 is 19.4. The second-order valence-electron chi connectivity index (χ2n) is 10.4. The molecule has 8 nitrogen and oxygen atoms in total.